The van der Waals surface area contributed by atoms with Crippen LogP contribution in [0.4, 0.5) is 0 Å². The first-order valence-electron chi connectivity index (χ1n) is 5.28. The van der Waals surface area contributed by atoms with Crippen molar-refractivity contribution in [2.45, 2.75) is 33.2 Å². The normalized spacial score (nSPS) is 12.8. The molecule has 1 heterocycles. The number of thioether (sulfide) groups is 1. The van der Waals surface area contributed by atoms with Crippen molar-refractivity contribution in [3.8, 4) is 0 Å². The molecular weight excluding hydrogens is 206 g/mol. The maximum absolute atomic E-state index is 10.8. The van der Waals surface area contributed by atoms with Gasteiger partial charge in [0, 0.05) is 28.7 Å². The van der Waals surface area contributed by atoms with Crippen molar-refractivity contribution in [2.24, 2.45) is 0 Å². The van der Waals surface area contributed by atoms with E-state index in [1.54, 1.807) is 0 Å². The van der Waals surface area contributed by atoms with E-state index in [4.69, 9.17) is 0 Å². The van der Waals surface area contributed by atoms with Crippen LogP contribution in [-0.2, 0) is 0 Å². The summed E-state index contributed by atoms with van der Waals surface area (Å²) in [5.41, 5.74) is 3.12. The lowest BCUT2D eigenvalue weighted by molar-refractivity contribution is 0.112. The third-order valence-corrected chi connectivity index (χ3v) is 3.56. The fraction of sp³-hybridized carbons (Fsp3) is 0.583. The van der Waals surface area contributed by atoms with Crippen molar-refractivity contribution < 1.29 is 4.79 Å². The monoisotopic (exact) mass is 225 g/mol. The van der Waals surface area contributed by atoms with Gasteiger partial charge < -0.3 is 4.57 Å². The molecule has 84 valence electrons. The van der Waals surface area contributed by atoms with E-state index in [0.29, 0.717) is 6.04 Å². The quantitative estimate of drug-likeness (QED) is 0.718. The number of carbonyl (C=O) groups is 1. The molecule has 1 unspecified atom stereocenters. The second-order valence-electron chi connectivity index (χ2n) is 3.83. The van der Waals surface area contributed by atoms with Crippen molar-refractivity contribution in [3.63, 3.8) is 0 Å². The maximum Gasteiger partial charge on any atom is 0.151 e. The van der Waals surface area contributed by atoms with Gasteiger partial charge in [0.1, 0.15) is 0 Å². The Kier molecular flexibility index (Phi) is 4.45. The predicted molar refractivity (Wildman–Crippen MR) is 67.0 cm³/mol. The van der Waals surface area contributed by atoms with E-state index in [2.05, 4.69) is 24.7 Å². The lowest BCUT2D eigenvalue weighted by Gasteiger charge is -2.20. The molecule has 0 amide bonds. The van der Waals surface area contributed by atoms with E-state index >= 15 is 0 Å². The van der Waals surface area contributed by atoms with Crippen LogP contribution in [0.25, 0.3) is 0 Å². The van der Waals surface area contributed by atoms with Crippen LogP contribution in [0.2, 0.25) is 0 Å². The molecule has 15 heavy (non-hydrogen) atoms. The summed E-state index contributed by atoms with van der Waals surface area (Å²) in [5.74, 6) is 1.10. The first-order chi connectivity index (χ1) is 7.15. The van der Waals surface area contributed by atoms with Gasteiger partial charge in [-0.3, -0.25) is 4.79 Å². The molecule has 0 radical (unpaired) electrons. The van der Waals surface area contributed by atoms with E-state index in [1.807, 2.05) is 24.8 Å². The van der Waals surface area contributed by atoms with Gasteiger partial charge in [-0.1, -0.05) is 6.92 Å². The molecule has 0 aromatic carbocycles. The molecule has 0 bridgehead atoms. The van der Waals surface area contributed by atoms with Crippen LogP contribution in [0.5, 0.6) is 0 Å². The largest absolute Gasteiger partial charge is 0.345 e. The van der Waals surface area contributed by atoms with E-state index in [9.17, 15) is 4.79 Å². The van der Waals surface area contributed by atoms with Gasteiger partial charge in [0.05, 0.1) is 0 Å². The Hall–Kier alpha value is -0.700. The molecule has 0 spiro atoms. The van der Waals surface area contributed by atoms with E-state index in [1.165, 1.54) is 5.69 Å². The molecule has 1 atom stereocenters. The van der Waals surface area contributed by atoms with Gasteiger partial charge in [0.15, 0.2) is 6.29 Å². The first-order valence-corrected chi connectivity index (χ1v) is 6.67. The standard InChI is InChI=1S/C12H19NOS/c1-5-12(8-15-4)13-9(2)6-11(7-14)10(13)3/h6-7,12H,5,8H2,1-4H3. The zero-order chi connectivity index (χ0) is 11.4. The number of rotatable bonds is 5. The molecular formula is C12H19NOS. The van der Waals surface area contributed by atoms with Crippen LogP contribution in [0.3, 0.4) is 0 Å². The zero-order valence-corrected chi connectivity index (χ0v) is 10.7. The number of aromatic nitrogens is 1. The summed E-state index contributed by atoms with van der Waals surface area (Å²) >= 11 is 1.85. The van der Waals surface area contributed by atoms with Gasteiger partial charge in [-0.2, -0.15) is 11.8 Å². The Bertz CT molecular complexity index is 344. The van der Waals surface area contributed by atoms with Crippen LogP contribution >= 0.6 is 11.8 Å². The van der Waals surface area contributed by atoms with E-state index in [-0.39, 0.29) is 0 Å². The number of hydrogen-bond acceptors (Lipinski definition) is 2. The molecule has 0 aliphatic carbocycles. The van der Waals surface area contributed by atoms with Crippen LogP contribution in [0.15, 0.2) is 6.07 Å². The molecule has 0 aliphatic heterocycles. The third-order valence-electron chi connectivity index (χ3n) is 2.85. The predicted octanol–water partition coefficient (Wildman–Crippen LogP) is 3.23. The summed E-state index contributed by atoms with van der Waals surface area (Å²) in [6, 6.07) is 2.49. The van der Waals surface area contributed by atoms with Crippen molar-refractivity contribution in [3.05, 3.63) is 23.0 Å². The lowest BCUT2D eigenvalue weighted by Crippen LogP contribution is -2.13. The van der Waals surface area contributed by atoms with Crippen molar-refractivity contribution in [1.29, 1.82) is 0 Å². The zero-order valence-electron chi connectivity index (χ0n) is 9.91. The Morgan fingerprint density at radius 3 is 2.60 bits per heavy atom. The molecule has 1 rings (SSSR count). The Balaban J connectivity index is 3.10. The number of aryl methyl sites for hydroxylation is 1. The van der Waals surface area contributed by atoms with Crippen molar-refractivity contribution in [1.82, 2.24) is 4.57 Å². The minimum atomic E-state index is 0.508. The number of carbonyl (C=O) groups excluding carboxylic acids is 1. The van der Waals surface area contributed by atoms with Crippen molar-refractivity contribution >= 4 is 18.0 Å². The molecule has 1 aromatic heterocycles. The highest BCUT2D eigenvalue weighted by atomic mass is 32.2. The lowest BCUT2D eigenvalue weighted by atomic mass is 10.2. The summed E-state index contributed by atoms with van der Waals surface area (Å²) in [4.78, 5) is 10.8. The Morgan fingerprint density at radius 2 is 2.20 bits per heavy atom. The summed E-state index contributed by atoms with van der Waals surface area (Å²) in [7, 11) is 0. The van der Waals surface area contributed by atoms with Gasteiger partial charge in [0.25, 0.3) is 0 Å². The van der Waals surface area contributed by atoms with Crippen LogP contribution in [0.1, 0.15) is 41.1 Å². The van der Waals surface area contributed by atoms with E-state index < -0.39 is 0 Å². The SMILES string of the molecule is CCC(CSC)n1c(C)cc(C=O)c1C. The molecule has 0 N–H and O–H groups in total. The fourth-order valence-electron chi connectivity index (χ4n) is 2.05. The molecule has 0 fully saturated rings. The first kappa shape index (κ1) is 12.4. The average Bonchev–Trinajstić information content (AvgIpc) is 2.51. The third kappa shape index (κ3) is 2.46. The molecule has 0 saturated heterocycles. The van der Waals surface area contributed by atoms with Gasteiger partial charge in [-0.05, 0) is 32.6 Å². The Labute approximate surface area is 96.1 Å². The summed E-state index contributed by atoms with van der Waals surface area (Å²) in [6.45, 7) is 6.29. The number of hydrogen-bond donors (Lipinski definition) is 0. The van der Waals surface area contributed by atoms with Gasteiger partial charge in [-0.25, -0.2) is 0 Å². The average molecular weight is 225 g/mol. The van der Waals surface area contributed by atoms with Crippen LogP contribution in [0, 0.1) is 13.8 Å². The van der Waals surface area contributed by atoms with Crippen LogP contribution < -0.4 is 0 Å². The molecule has 0 aliphatic rings. The maximum atomic E-state index is 10.8. The molecule has 0 saturated carbocycles. The van der Waals surface area contributed by atoms with Gasteiger partial charge in [0.2, 0.25) is 0 Å². The van der Waals surface area contributed by atoms with Gasteiger partial charge >= 0.3 is 0 Å². The second kappa shape index (κ2) is 5.40. The Morgan fingerprint density at radius 1 is 1.53 bits per heavy atom. The second-order valence-corrected chi connectivity index (χ2v) is 4.74. The molecule has 1 aromatic rings. The fourth-order valence-corrected chi connectivity index (χ4v) is 2.82. The summed E-state index contributed by atoms with van der Waals surface area (Å²) in [6.07, 6.45) is 4.18. The molecule has 2 nitrogen and oxygen atoms in total. The molecule has 3 heteroatoms. The highest BCUT2D eigenvalue weighted by Gasteiger charge is 2.15. The number of aldehydes is 1. The van der Waals surface area contributed by atoms with Gasteiger partial charge in [-0.15, -0.1) is 0 Å². The smallest absolute Gasteiger partial charge is 0.151 e. The van der Waals surface area contributed by atoms with Crippen molar-refractivity contribution in [2.75, 3.05) is 12.0 Å². The summed E-state index contributed by atoms with van der Waals surface area (Å²) in [5, 5.41) is 0. The highest BCUT2D eigenvalue weighted by Crippen LogP contribution is 2.24. The summed E-state index contributed by atoms with van der Waals surface area (Å²) < 4.78 is 2.29. The minimum Gasteiger partial charge on any atom is -0.345 e. The number of nitrogens with zero attached hydrogens (tertiary/aromatic N) is 1. The highest BCUT2D eigenvalue weighted by molar-refractivity contribution is 7.98. The van der Waals surface area contributed by atoms with Crippen LogP contribution in [-0.4, -0.2) is 22.9 Å². The topological polar surface area (TPSA) is 22.0 Å². The van der Waals surface area contributed by atoms with E-state index in [0.717, 1.165) is 29.7 Å². The minimum absolute atomic E-state index is 0.508.